The number of ether oxygens (including phenoxy) is 1. The highest BCUT2D eigenvalue weighted by Crippen LogP contribution is 2.42. The van der Waals surface area contributed by atoms with Crippen LogP contribution in [0.25, 0.3) is 0 Å². The normalized spacial score (nSPS) is 20.5. The first kappa shape index (κ1) is 31.8. The van der Waals surface area contributed by atoms with Gasteiger partial charge in [0.2, 0.25) is 11.8 Å². The van der Waals surface area contributed by atoms with Gasteiger partial charge in [-0.05, 0) is 67.5 Å². The molecule has 3 aromatic rings. The summed E-state index contributed by atoms with van der Waals surface area (Å²) < 4.78 is 62.5. The van der Waals surface area contributed by atoms with Crippen LogP contribution in [0.1, 0.15) is 72.9 Å². The van der Waals surface area contributed by atoms with Gasteiger partial charge in [0.05, 0.1) is 35.5 Å². The Hall–Kier alpha value is -4.59. The van der Waals surface area contributed by atoms with E-state index in [1.165, 1.54) is 18.3 Å². The first-order valence-electron chi connectivity index (χ1n) is 14.8. The number of hydrogen-bond acceptors (Lipinski definition) is 6. The van der Waals surface area contributed by atoms with E-state index in [9.17, 15) is 37.2 Å². The number of cyclic esters (lactones) is 1. The zero-order valence-corrected chi connectivity index (χ0v) is 24.5. The molecule has 1 aliphatic heterocycles. The van der Waals surface area contributed by atoms with Crippen LogP contribution in [0.4, 0.5) is 23.2 Å². The Labute approximate surface area is 257 Å². The lowest BCUT2D eigenvalue weighted by atomic mass is 9.80. The number of carbonyl (C=O) groups is 3. The molecule has 5 rings (SSSR count). The monoisotopic (exact) mass is 621 g/mol. The number of esters is 1. The first-order valence-corrected chi connectivity index (χ1v) is 14.8. The number of nitrogens with zero attached hydrogens (tertiary/aromatic N) is 3. The smallest absolute Gasteiger partial charge is 0.315 e. The third kappa shape index (κ3) is 7.06. The van der Waals surface area contributed by atoms with E-state index in [1.54, 1.807) is 31.2 Å². The molecule has 1 aliphatic carbocycles. The molecule has 2 fully saturated rings. The molecule has 2 heterocycles. The molecule has 45 heavy (non-hydrogen) atoms. The van der Waals surface area contributed by atoms with E-state index >= 15 is 0 Å². The van der Waals surface area contributed by atoms with E-state index < -0.39 is 53.1 Å². The molecule has 0 radical (unpaired) electrons. The number of rotatable bonds is 8. The van der Waals surface area contributed by atoms with Crippen molar-refractivity contribution >= 4 is 23.3 Å². The number of amides is 1. The highest BCUT2D eigenvalue weighted by Gasteiger charge is 2.46. The number of ketones is 1. The topological polar surface area (TPSA) is 100 Å². The van der Waals surface area contributed by atoms with Gasteiger partial charge in [-0.2, -0.15) is 5.26 Å². The average molecular weight is 622 g/mol. The van der Waals surface area contributed by atoms with Crippen molar-refractivity contribution in [2.75, 3.05) is 11.5 Å². The maximum Gasteiger partial charge on any atom is 0.315 e. The van der Waals surface area contributed by atoms with E-state index in [4.69, 9.17) is 4.74 Å². The lowest BCUT2D eigenvalue weighted by Crippen LogP contribution is -2.48. The van der Waals surface area contributed by atoms with Crippen molar-refractivity contribution in [3.8, 4) is 6.07 Å². The number of anilines is 1. The van der Waals surface area contributed by atoms with Crippen molar-refractivity contribution in [3.63, 3.8) is 0 Å². The summed E-state index contributed by atoms with van der Waals surface area (Å²) in [5.74, 6) is -9.64. The van der Waals surface area contributed by atoms with Gasteiger partial charge in [0.1, 0.15) is 23.6 Å². The van der Waals surface area contributed by atoms with Crippen LogP contribution in [-0.4, -0.2) is 35.2 Å². The van der Waals surface area contributed by atoms with Crippen LogP contribution in [-0.2, 0) is 19.1 Å². The van der Waals surface area contributed by atoms with Gasteiger partial charge in [-0.15, -0.1) is 0 Å². The number of carbonyl (C=O) groups excluding carboxylic acids is 3. The maximum absolute atomic E-state index is 14.7. The molecular weight excluding hydrogens is 590 g/mol. The molecule has 1 saturated heterocycles. The van der Waals surface area contributed by atoms with Gasteiger partial charge < -0.3 is 4.74 Å². The molecule has 0 spiro atoms. The Kier molecular flexibility index (Phi) is 9.32. The van der Waals surface area contributed by atoms with Crippen molar-refractivity contribution in [3.05, 3.63) is 94.8 Å². The molecule has 234 valence electrons. The van der Waals surface area contributed by atoms with Crippen LogP contribution in [0.3, 0.4) is 0 Å². The average Bonchev–Trinajstić information content (AvgIpc) is 3.00. The maximum atomic E-state index is 14.7. The number of alkyl halides is 2. The second-order valence-electron chi connectivity index (χ2n) is 11.7. The number of Topliss-reactive ketones (excluding diaryl/α,β-unsaturated/α-hetero) is 1. The zero-order valence-electron chi connectivity index (χ0n) is 24.5. The molecule has 2 aromatic carbocycles. The van der Waals surface area contributed by atoms with Crippen molar-refractivity contribution in [1.82, 2.24) is 4.98 Å². The Morgan fingerprint density at radius 2 is 1.76 bits per heavy atom. The summed E-state index contributed by atoms with van der Waals surface area (Å²) in [7, 11) is 0. The molecule has 3 atom stereocenters. The van der Waals surface area contributed by atoms with Gasteiger partial charge in [-0.1, -0.05) is 24.3 Å². The highest BCUT2D eigenvalue weighted by molar-refractivity contribution is 6.05. The van der Waals surface area contributed by atoms with Crippen LogP contribution >= 0.6 is 0 Å². The summed E-state index contributed by atoms with van der Waals surface area (Å²) >= 11 is 0. The second-order valence-corrected chi connectivity index (χ2v) is 11.7. The fraction of sp³-hybridized carbons (Fsp3) is 0.382. The summed E-state index contributed by atoms with van der Waals surface area (Å²) in [4.78, 5) is 47.4. The molecule has 2 aliphatic rings. The van der Waals surface area contributed by atoms with Crippen molar-refractivity contribution in [2.24, 2.45) is 11.8 Å². The van der Waals surface area contributed by atoms with Gasteiger partial charge in [0, 0.05) is 31.5 Å². The standard InChI is InChI=1S/C34H31F4N3O4/c1-20-4-2-3-5-26(20)31(29(42)15-21-6-10-34(37,38)11-7-21)41(25-17-23(35)16-24(36)18-25)32(43)27-9-13-45-33(44)30(27)28-14-22(19-39)8-12-40-28/h2-5,8,12,14,16-18,21,27,30-31H,6-7,9-11,13,15H2,1H3/t27-,30?,31+/m1/s1. The zero-order chi connectivity index (χ0) is 32.3. The predicted octanol–water partition coefficient (Wildman–Crippen LogP) is 6.75. The van der Waals surface area contributed by atoms with Gasteiger partial charge in [0.25, 0.3) is 0 Å². The van der Waals surface area contributed by atoms with Gasteiger partial charge in [0.15, 0.2) is 5.78 Å². The van der Waals surface area contributed by atoms with Crippen LogP contribution in [0, 0.1) is 41.7 Å². The van der Waals surface area contributed by atoms with Crippen LogP contribution in [0.5, 0.6) is 0 Å². The van der Waals surface area contributed by atoms with E-state index in [-0.39, 0.29) is 68.0 Å². The fourth-order valence-corrected chi connectivity index (χ4v) is 6.30. The third-order valence-corrected chi connectivity index (χ3v) is 8.61. The van der Waals surface area contributed by atoms with Crippen molar-refractivity contribution in [1.29, 1.82) is 5.26 Å². The van der Waals surface area contributed by atoms with E-state index in [0.29, 0.717) is 17.2 Å². The number of pyridine rings is 1. The number of aromatic nitrogens is 1. The lowest BCUT2D eigenvalue weighted by molar-refractivity contribution is -0.155. The molecule has 0 N–H and O–H groups in total. The van der Waals surface area contributed by atoms with E-state index in [1.807, 2.05) is 6.07 Å². The lowest BCUT2D eigenvalue weighted by Gasteiger charge is -2.38. The summed E-state index contributed by atoms with van der Waals surface area (Å²) in [6, 6.07) is 12.6. The summed E-state index contributed by atoms with van der Waals surface area (Å²) in [5.41, 5.74) is 1.06. The van der Waals surface area contributed by atoms with Gasteiger partial charge in [-0.25, -0.2) is 17.6 Å². The van der Waals surface area contributed by atoms with Crippen molar-refractivity contribution < 1.29 is 36.7 Å². The molecule has 0 bridgehead atoms. The summed E-state index contributed by atoms with van der Waals surface area (Å²) in [5, 5.41) is 9.42. The Balaban J connectivity index is 1.63. The minimum Gasteiger partial charge on any atom is -0.465 e. The molecule has 11 heteroatoms. The Morgan fingerprint density at radius 1 is 1.07 bits per heavy atom. The quantitative estimate of drug-likeness (QED) is 0.204. The van der Waals surface area contributed by atoms with E-state index in [2.05, 4.69) is 4.98 Å². The molecule has 7 nitrogen and oxygen atoms in total. The van der Waals surface area contributed by atoms with E-state index in [0.717, 1.165) is 17.0 Å². The minimum absolute atomic E-state index is 0.00832. The molecule has 1 aromatic heterocycles. The number of hydrogen-bond donors (Lipinski definition) is 0. The molecule has 1 saturated carbocycles. The largest absolute Gasteiger partial charge is 0.465 e. The minimum atomic E-state index is -2.81. The first-order chi connectivity index (χ1) is 21.5. The second kappa shape index (κ2) is 13.2. The number of benzene rings is 2. The van der Waals surface area contributed by atoms with Crippen LogP contribution in [0.2, 0.25) is 0 Å². The number of aryl methyl sites for hydroxylation is 1. The van der Waals surface area contributed by atoms with Crippen molar-refractivity contribution in [2.45, 2.75) is 63.3 Å². The predicted molar refractivity (Wildman–Crippen MR) is 155 cm³/mol. The highest BCUT2D eigenvalue weighted by atomic mass is 19.3. The SMILES string of the molecule is Cc1ccccc1[C@@H](C(=O)CC1CCC(F)(F)CC1)N(C(=O)[C@@H]1CCOC(=O)C1c1cc(C#N)ccn1)c1cc(F)cc(F)c1. The molecule has 1 amide bonds. The third-order valence-electron chi connectivity index (χ3n) is 8.61. The van der Waals surface area contributed by atoms with Crippen LogP contribution in [0.15, 0.2) is 60.8 Å². The summed E-state index contributed by atoms with van der Waals surface area (Å²) in [6.07, 6.45) is 0.687. The summed E-state index contributed by atoms with van der Waals surface area (Å²) in [6.45, 7) is 1.60. The molecule has 1 unspecified atom stereocenters. The number of nitriles is 1. The van der Waals surface area contributed by atoms with Gasteiger partial charge >= 0.3 is 5.97 Å². The van der Waals surface area contributed by atoms with Crippen LogP contribution < -0.4 is 4.90 Å². The Morgan fingerprint density at radius 3 is 2.42 bits per heavy atom. The van der Waals surface area contributed by atoms with Gasteiger partial charge in [-0.3, -0.25) is 24.3 Å². The number of halogens is 4. The fourth-order valence-electron chi connectivity index (χ4n) is 6.30. The Bertz CT molecular complexity index is 1630. The molecular formula is C34H31F4N3O4.